The minimum Gasteiger partial charge on any atom is -0.484 e. The van der Waals surface area contributed by atoms with E-state index in [4.69, 9.17) is 33.4 Å². The summed E-state index contributed by atoms with van der Waals surface area (Å²) in [7, 11) is 0. The number of nitrogens with two attached hydrogens (primary N) is 5. The normalized spacial score (nSPS) is 13.9. The summed E-state index contributed by atoms with van der Waals surface area (Å²) in [5.41, 5.74) is 35.0. The van der Waals surface area contributed by atoms with E-state index < -0.39 is 78.1 Å². The van der Waals surface area contributed by atoms with Gasteiger partial charge in [-0.25, -0.2) is 5.43 Å². The fourth-order valence-electron chi connectivity index (χ4n) is 7.16. The first-order valence-corrected chi connectivity index (χ1v) is 23.6. The predicted molar refractivity (Wildman–Crippen MR) is 271 cm³/mol. The Balaban J connectivity index is 1.67. The summed E-state index contributed by atoms with van der Waals surface area (Å²) in [6.07, 6.45) is 1.25. The van der Waals surface area contributed by atoms with Gasteiger partial charge in [0, 0.05) is 25.3 Å². The maximum atomic E-state index is 14.0. The van der Waals surface area contributed by atoms with E-state index >= 15 is 0 Å². The Morgan fingerprint density at radius 3 is 1.79 bits per heavy atom. The third kappa shape index (κ3) is 20.9. The van der Waals surface area contributed by atoms with E-state index in [-0.39, 0.29) is 62.7 Å². The van der Waals surface area contributed by atoms with E-state index in [0.717, 1.165) is 16.3 Å². The monoisotopic (exact) mass is 989 g/mol. The number of hydrogen-bond acceptors (Lipinski definition) is 12. The number of carboxylic acids is 1. The van der Waals surface area contributed by atoms with Crippen LogP contribution in [0.5, 0.6) is 5.75 Å². The molecule has 0 aromatic heterocycles. The zero-order chi connectivity index (χ0) is 52.5. The van der Waals surface area contributed by atoms with Crippen LogP contribution >= 0.6 is 0 Å². The number of carbonyl (C=O) groups is 7. The van der Waals surface area contributed by atoms with Gasteiger partial charge in [0.2, 0.25) is 29.5 Å². The average Bonchev–Trinajstić information content (AvgIpc) is 3.33. The number of benzene rings is 3. The number of anilines is 1. The Morgan fingerprint density at radius 2 is 1.20 bits per heavy atom. The highest BCUT2D eigenvalue weighted by molar-refractivity contribution is 5.97. The lowest BCUT2D eigenvalue weighted by atomic mass is 9.96. The van der Waals surface area contributed by atoms with E-state index in [9.17, 15) is 38.7 Å². The number of carboxylic acid groups (broad SMARTS) is 1. The van der Waals surface area contributed by atoms with Gasteiger partial charge >= 0.3 is 5.97 Å². The summed E-state index contributed by atoms with van der Waals surface area (Å²) in [4.78, 5) is 100. The number of ether oxygens (including phenoxy) is 1. The Morgan fingerprint density at radius 1 is 0.648 bits per heavy atom. The third-order valence-corrected chi connectivity index (χ3v) is 11.6. The molecule has 388 valence electrons. The first-order valence-electron chi connectivity index (χ1n) is 23.6. The summed E-state index contributed by atoms with van der Waals surface area (Å²) >= 11 is 0. The Kier molecular flexibility index (Phi) is 24.5. The van der Waals surface area contributed by atoms with Crippen LogP contribution in [0.2, 0.25) is 0 Å². The Bertz CT molecular complexity index is 2300. The summed E-state index contributed by atoms with van der Waals surface area (Å²) in [5, 5.41) is 25.0. The van der Waals surface area contributed by atoms with Gasteiger partial charge in [-0.15, -0.1) is 0 Å². The standard InChI is InChI=1S/C48H72N14O9/c1-5-28(3)40(42(49)66)60-43(67)35(13-9-22-54-47(50)51)58-45(69)37(26-39(64)65)59-46(70)41(29(4)6-2)61-44(68)36(14-10-23-55-48(52)53)62-56-24-21-30-15-18-33(19-16-30)57-38(63)27-71-34-20-17-31-11-7-8-12-32(31)25-34/h7-8,11-12,15-20,25,28-29,35-37,40-41,56,62H,5-6,9-10,13-14,21-24,26-27H2,1-4H3,(H2,49,66)(H,57,63)(H,58,69)(H,59,70)(H,60,67)(H,61,68)(H,64,65)(H4,50,51,54)(H4,52,53,55)/t28-,29-,35-,36-,37-,40-,41-/m0/s1. The van der Waals surface area contributed by atoms with Gasteiger partial charge in [-0.2, -0.15) is 0 Å². The zero-order valence-corrected chi connectivity index (χ0v) is 40.9. The van der Waals surface area contributed by atoms with Gasteiger partial charge in [-0.3, -0.25) is 49.0 Å². The highest BCUT2D eigenvalue weighted by Crippen LogP contribution is 2.21. The summed E-state index contributed by atoms with van der Waals surface area (Å²) in [5.74, 6) is -6.37. The number of nitrogens with one attached hydrogen (secondary N) is 7. The van der Waals surface area contributed by atoms with Gasteiger partial charge < -0.3 is 65.1 Å². The first kappa shape index (κ1) is 57.8. The van der Waals surface area contributed by atoms with Gasteiger partial charge in [0.15, 0.2) is 18.5 Å². The second kappa shape index (κ2) is 30.2. The smallest absolute Gasteiger partial charge is 0.305 e. The number of fused-ring (bicyclic) bond motifs is 1. The summed E-state index contributed by atoms with van der Waals surface area (Å²) in [6, 6.07) is 14.4. The quantitative estimate of drug-likeness (QED) is 0.0169. The highest BCUT2D eigenvalue weighted by Gasteiger charge is 2.35. The molecule has 7 atom stereocenters. The van der Waals surface area contributed by atoms with Crippen LogP contribution in [0.25, 0.3) is 10.8 Å². The topological polar surface area (TPSA) is 388 Å². The molecule has 6 amide bonds. The van der Waals surface area contributed by atoms with E-state index in [0.29, 0.717) is 43.7 Å². The van der Waals surface area contributed by atoms with E-state index in [1.165, 1.54) is 0 Å². The number of nitrogens with zero attached hydrogens (tertiary/aromatic N) is 2. The van der Waals surface area contributed by atoms with Crippen molar-refractivity contribution in [3.05, 3.63) is 72.3 Å². The number of aliphatic imine (C=N–C) groups is 2. The molecule has 18 N–H and O–H groups in total. The van der Waals surface area contributed by atoms with Crippen LogP contribution < -0.4 is 70.8 Å². The number of amides is 6. The van der Waals surface area contributed by atoms with Crippen molar-refractivity contribution in [1.29, 1.82) is 0 Å². The maximum absolute atomic E-state index is 14.0. The van der Waals surface area contributed by atoms with E-state index in [1.54, 1.807) is 39.8 Å². The van der Waals surface area contributed by atoms with Gasteiger partial charge in [0.1, 0.15) is 29.9 Å². The SMILES string of the molecule is CC[C@H](C)[C@H](NC(=O)[C@H](CCCN=C(N)N)NC(=O)[C@H](CC(=O)O)NC(=O)[C@@H](NC(=O)[C@H](CCCN=C(N)N)NNCCc1ccc(NC(=O)COc2ccc3ccccc3c2)cc1)[C@@H](C)CC)C(N)=O. The minimum absolute atomic E-state index is 0.0400. The number of hydrogen-bond donors (Lipinski definition) is 13. The second-order valence-electron chi connectivity index (χ2n) is 17.2. The summed E-state index contributed by atoms with van der Waals surface area (Å²) in [6.45, 7) is 7.49. The molecule has 3 aromatic carbocycles. The molecule has 0 radical (unpaired) electrons. The number of hydrazine groups is 1. The van der Waals surface area contributed by atoms with E-state index in [1.807, 2.05) is 54.6 Å². The molecule has 0 heterocycles. The van der Waals surface area contributed by atoms with Crippen LogP contribution in [0.15, 0.2) is 76.7 Å². The molecule has 0 saturated carbocycles. The lowest BCUT2D eigenvalue weighted by Gasteiger charge is -2.29. The number of primary amides is 1. The largest absolute Gasteiger partial charge is 0.484 e. The van der Waals surface area contributed by atoms with Crippen molar-refractivity contribution in [1.82, 2.24) is 32.1 Å². The molecule has 0 fully saturated rings. The maximum Gasteiger partial charge on any atom is 0.305 e. The molecule has 0 unspecified atom stereocenters. The van der Waals surface area contributed by atoms with Crippen LogP contribution in [0.4, 0.5) is 5.69 Å². The van der Waals surface area contributed by atoms with Crippen LogP contribution in [-0.4, -0.2) is 115 Å². The Labute approximate surface area is 413 Å². The van der Waals surface area contributed by atoms with Crippen LogP contribution in [0, 0.1) is 11.8 Å². The van der Waals surface area contributed by atoms with Crippen molar-refractivity contribution in [2.45, 2.75) is 109 Å². The molecule has 23 nitrogen and oxygen atoms in total. The lowest BCUT2D eigenvalue weighted by molar-refractivity contribution is -0.142. The molecule has 0 spiro atoms. The molecule has 3 rings (SSSR count). The average molecular weight is 989 g/mol. The van der Waals surface area contributed by atoms with Crippen molar-refractivity contribution in [2.24, 2.45) is 50.5 Å². The lowest BCUT2D eigenvalue weighted by Crippen LogP contribution is -2.61. The zero-order valence-electron chi connectivity index (χ0n) is 40.9. The van der Waals surface area contributed by atoms with Gasteiger partial charge in [-0.05, 0) is 84.5 Å². The minimum atomic E-state index is -1.70. The van der Waals surface area contributed by atoms with E-state index in [2.05, 4.69) is 47.4 Å². The molecule has 0 aliphatic heterocycles. The fraction of sp³-hybridized carbons (Fsp3) is 0.479. The van der Waals surface area contributed by atoms with Gasteiger partial charge in [-0.1, -0.05) is 83.0 Å². The molecule has 0 aliphatic rings. The molecule has 0 saturated heterocycles. The fourth-order valence-corrected chi connectivity index (χ4v) is 7.16. The molecule has 3 aromatic rings. The highest BCUT2D eigenvalue weighted by atomic mass is 16.5. The first-order chi connectivity index (χ1) is 33.8. The van der Waals surface area contributed by atoms with Crippen molar-refractivity contribution >= 4 is 69.8 Å². The Hall–Kier alpha value is -7.53. The van der Waals surface area contributed by atoms with Crippen LogP contribution in [-0.2, 0) is 40.0 Å². The number of carbonyl (C=O) groups excluding carboxylic acids is 6. The third-order valence-electron chi connectivity index (χ3n) is 11.6. The molecule has 0 aliphatic carbocycles. The van der Waals surface area contributed by atoms with Crippen molar-refractivity contribution in [3.8, 4) is 5.75 Å². The summed E-state index contributed by atoms with van der Waals surface area (Å²) < 4.78 is 5.70. The predicted octanol–water partition coefficient (Wildman–Crippen LogP) is -0.0388. The van der Waals surface area contributed by atoms with Gasteiger partial charge in [0.05, 0.1) is 12.5 Å². The molecule has 71 heavy (non-hydrogen) atoms. The van der Waals surface area contributed by atoms with Crippen LogP contribution in [0.1, 0.15) is 78.2 Å². The van der Waals surface area contributed by atoms with Crippen LogP contribution in [0.3, 0.4) is 0 Å². The molecule has 0 bridgehead atoms. The number of guanidine groups is 2. The second-order valence-corrected chi connectivity index (χ2v) is 17.2. The molecule has 23 heteroatoms. The van der Waals surface area contributed by atoms with Crippen molar-refractivity contribution in [3.63, 3.8) is 0 Å². The molecular weight excluding hydrogens is 917 g/mol. The number of rotatable bonds is 32. The van der Waals surface area contributed by atoms with Crippen molar-refractivity contribution in [2.75, 3.05) is 31.6 Å². The molecular formula is C48H72N14O9. The van der Waals surface area contributed by atoms with Gasteiger partial charge in [0.25, 0.3) is 5.91 Å². The number of aliphatic carboxylic acids is 1. The van der Waals surface area contributed by atoms with Crippen molar-refractivity contribution < 1.29 is 43.4 Å².